The minimum absolute atomic E-state index is 0.0227. The van der Waals surface area contributed by atoms with E-state index in [9.17, 15) is 19.2 Å². The zero-order valence-corrected chi connectivity index (χ0v) is 21.7. The molecule has 0 aliphatic carbocycles. The number of benzene rings is 1. The predicted octanol–water partition coefficient (Wildman–Crippen LogP) is 4.56. The SMILES string of the molecule is C=CC(=O)N1CCN2C(=O)c3cc(F)c(/C4=C/C=C(/F)[C@H](C)S/C(N)=C(/C#N)C4)c(Cl)c3OCCC2C1. The van der Waals surface area contributed by atoms with Gasteiger partial charge in [-0.05, 0) is 30.7 Å². The quantitative estimate of drug-likeness (QED) is 0.546. The minimum Gasteiger partial charge on any atom is -0.491 e. The Hall–Kier alpha value is -3.29. The van der Waals surface area contributed by atoms with Crippen LogP contribution in [0.15, 0.2) is 47.3 Å². The number of fused-ring (bicyclic) bond motifs is 2. The van der Waals surface area contributed by atoms with Crippen molar-refractivity contribution >= 4 is 40.8 Å². The molecule has 0 radical (unpaired) electrons. The fourth-order valence-corrected chi connectivity index (χ4v) is 5.78. The van der Waals surface area contributed by atoms with E-state index in [0.29, 0.717) is 19.5 Å². The van der Waals surface area contributed by atoms with Crippen molar-refractivity contribution in [3.63, 3.8) is 0 Å². The third-order valence-corrected chi connectivity index (χ3v) is 8.03. The van der Waals surface area contributed by atoms with Crippen LogP contribution in [-0.2, 0) is 4.79 Å². The average Bonchev–Trinajstić information content (AvgIpc) is 2.92. The van der Waals surface area contributed by atoms with Gasteiger partial charge in [0.25, 0.3) is 5.91 Å². The van der Waals surface area contributed by atoms with Gasteiger partial charge in [0.2, 0.25) is 5.91 Å². The number of halogens is 3. The van der Waals surface area contributed by atoms with Gasteiger partial charge in [0.15, 0.2) is 5.75 Å². The van der Waals surface area contributed by atoms with Crippen LogP contribution in [0.4, 0.5) is 8.78 Å². The fraction of sp³-hybridized carbons (Fsp3) is 0.346. The molecule has 1 saturated heterocycles. The van der Waals surface area contributed by atoms with Gasteiger partial charge >= 0.3 is 0 Å². The Kier molecular flexibility index (Phi) is 7.95. The van der Waals surface area contributed by atoms with Crippen LogP contribution in [-0.4, -0.2) is 59.1 Å². The molecular weight excluding hydrogens is 522 g/mol. The van der Waals surface area contributed by atoms with Gasteiger partial charge < -0.3 is 20.3 Å². The molecule has 1 aromatic rings. The van der Waals surface area contributed by atoms with Crippen molar-refractivity contribution in [1.29, 1.82) is 5.26 Å². The smallest absolute Gasteiger partial charge is 0.258 e. The summed E-state index contributed by atoms with van der Waals surface area (Å²) < 4.78 is 36.1. The first-order valence-electron chi connectivity index (χ1n) is 11.6. The maximum absolute atomic E-state index is 15.6. The summed E-state index contributed by atoms with van der Waals surface area (Å²) in [7, 11) is 0. The van der Waals surface area contributed by atoms with Crippen LogP contribution in [0.25, 0.3) is 5.57 Å². The van der Waals surface area contributed by atoms with Crippen molar-refractivity contribution in [2.45, 2.75) is 31.1 Å². The molecular formula is C26H25ClF2N4O3S. The molecule has 11 heteroatoms. The van der Waals surface area contributed by atoms with Crippen LogP contribution in [0.2, 0.25) is 5.02 Å². The van der Waals surface area contributed by atoms with Crippen molar-refractivity contribution in [2.75, 3.05) is 26.2 Å². The van der Waals surface area contributed by atoms with Crippen molar-refractivity contribution in [3.05, 3.63) is 69.3 Å². The van der Waals surface area contributed by atoms with Gasteiger partial charge in [0.05, 0.1) is 45.2 Å². The molecule has 3 aliphatic rings. The van der Waals surface area contributed by atoms with Crippen LogP contribution in [0.3, 0.4) is 0 Å². The van der Waals surface area contributed by atoms with Crippen molar-refractivity contribution < 1.29 is 23.1 Å². The lowest BCUT2D eigenvalue weighted by Crippen LogP contribution is -2.57. The van der Waals surface area contributed by atoms with E-state index >= 15 is 4.39 Å². The number of amides is 2. The van der Waals surface area contributed by atoms with E-state index < -0.39 is 22.8 Å². The van der Waals surface area contributed by atoms with E-state index in [4.69, 9.17) is 22.1 Å². The highest BCUT2D eigenvalue weighted by Crippen LogP contribution is 2.42. The first-order valence-corrected chi connectivity index (χ1v) is 12.9. The first-order chi connectivity index (χ1) is 17.7. The first kappa shape index (κ1) is 26.8. The van der Waals surface area contributed by atoms with E-state index in [2.05, 4.69) is 6.58 Å². The molecule has 0 aromatic heterocycles. The van der Waals surface area contributed by atoms with Crippen LogP contribution in [0.5, 0.6) is 5.75 Å². The van der Waals surface area contributed by atoms with Gasteiger partial charge in [0.1, 0.15) is 11.6 Å². The number of piperazine rings is 1. The van der Waals surface area contributed by atoms with E-state index in [1.807, 2.05) is 6.07 Å². The van der Waals surface area contributed by atoms with Crippen LogP contribution < -0.4 is 10.5 Å². The average molecular weight is 547 g/mol. The Balaban J connectivity index is 1.76. The van der Waals surface area contributed by atoms with E-state index in [0.717, 1.165) is 17.8 Å². The number of nitrogens with two attached hydrogens (primary N) is 1. The lowest BCUT2D eigenvalue weighted by atomic mass is 9.95. The molecule has 3 heterocycles. The number of hydrogen-bond acceptors (Lipinski definition) is 6. The van der Waals surface area contributed by atoms with Crippen LogP contribution in [0.1, 0.15) is 35.7 Å². The van der Waals surface area contributed by atoms with Gasteiger partial charge in [-0.3, -0.25) is 9.59 Å². The zero-order chi connectivity index (χ0) is 26.9. The summed E-state index contributed by atoms with van der Waals surface area (Å²) in [5, 5.41) is 8.99. The third kappa shape index (κ3) is 5.24. The van der Waals surface area contributed by atoms with E-state index in [1.54, 1.807) is 16.7 Å². The summed E-state index contributed by atoms with van der Waals surface area (Å²) in [6, 6.07) is 2.77. The number of rotatable bonds is 2. The molecule has 2 amide bonds. The second-order valence-electron chi connectivity index (χ2n) is 8.84. The molecule has 3 aliphatic heterocycles. The fourth-order valence-electron chi connectivity index (χ4n) is 4.58. The predicted molar refractivity (Wildman–Crippen MR) is 139 cm³/mol. The maximum Gasteiger partial charge on any atom is 0.258 e. The second-order valence-corrected chi connectivity index (χ2v) is 10.6. The number of carbonyl (C=O) groups is 2. The summed E-state index contributed by atoms with van der Waals surface area (Å²) in [5.41, 5.74) is 6.28. The molecule has 0 saturated carbocycles. The molecule has 4 rings (SSSR count). The van der Waals surface area contributed by atoms with Gasteiger partial charge in [-0.1, -0.05) is 36.0 Å². The van der Waals surface area contributed by atoms with Crippen molar-refractivity contribution in [3.8, 4) is 11.8 Å². The van der Waals surface area contributed by atoms with E-state index in [1.165, 1.54) is 18.2 Å². The summed E-state index contributed by atoms with van der Waals surface area (Å²) >= 11 is 7.66. The number of nitriles is 1. The Morgan fingerprint density at radius 1 is 1.38 bits per heavy atom. The standard InChI is InChI=1S/C26H25ClF2N4O3S/c1-3-21(34)32-7-8-33-17(13-32)6-9-36-24-18(26(33)35)11-20(29)22(23(24)27)15-4-5-19(28)14(2)37-25(31)16(10-15)12-30/h3-5,11,14,17H,1,6-10,13,31H2,2H3/b15-4+,19-5+,25-16+/t14-,17?/m0/s1. The third-order valence-electron chi connectivity index (χ3n) is 6.59. The van der Waals surface area contributed by atoms with Gasteiger partial charge in [-0.2, -0.15) is 5.26 Å². The molecule has 2 N–H and O–H groups in total. The van der Waals surface area contributed by atoms with Crippen molar-refractivity contribution in [1.82, 2.24) is 9.80 Å². The monoisotopic (exact) mass is 546 g/mol. The Morgan fingerprint density at radius 2 is 2.14 bits per heavy atom. The number of allylic oxidation sites excluding steroid dienone is 4. The largest absolute Gasteiger partial charge is 0.491 e. The normalized spacial score (nSPS) is 27.3. The molecule has 1 fully saturated rings. The Labute approximate surface area is 222 Å². The summed E-state index contributed by atoms with van der Waals surface area (Å²) in [5.74, 6) is -1.97. The van der Waals surface area contributed by atoms with Crippen LogP contribution in [0, 0.1) is 17.1 Å². The Bertz CT molecular complexity index is 1300. The minimum atomic E-state index is -0.811. The molecule has 7 nitrogen and oxygen atoms in total. The molecule has 194 valence electrons. The molecule has 37 heavy (non-hydrogen) atoms. The molecule has 2 atom stereocenters. The molecule has 1 unspecified atom stereocenters. The Morgan fingerprint density at radius 3 is 2.84 bits per heavy atom. The lowest BCUT2D eigenvalue weighted by molar-refractivity contribution is -0.128. The van der Waals surface area contributed by atoms with Gasteiger partial charge in [-0.15, -0.1) is 0 Å². The lowest BCUT2D eigenvalue weighted by Gasteiger charge is -2.42. The van der Waals surface area contributed by atoms with Gasteiger partial charge in [0, 0.05) is 38.0 Å². The number of carbonyl (C=O) groups excluding carboxylic acids is 2. The highest BCUT2D eigenvalue weighted by Gasteiger charge is 2.36. The summed E-state index contributed by atoms with van der Waals surface area (Å²) in [4.78, 5) is 28.8. The number of hydrogen-bond donors (Lipinski definition) is 1. The maximum atomic E-state index is 15.6. The number of thioether (sulfide) groups is 1. The van der Waals surface area contributed by atoms with Crippen molar-refractivity contribution in [2.24, 2.45) is 5.73 Å². The highest BCUT2D eigenvalue weighted by molar-refractivity contribution is 8.03. The zero-order valence-electron chi connectivity index (χ0n) is 20.1. The molecule has 1 aromatic carbocycles. The van der Waals surface area contributed by atoms with E-state index in [-0.39, 0.29) is 69.6 Å². The van der Waals surface area contributed by atoms with Crippen LogP contribution >= 0.6 is 23.4 Å². The highest BCUT2D eigenvalue weighted by atomic mass is 35.5. The summed E-state index contributed by atoms with van der Waals surface area (Å²) in [6.07, 6.45) is 4.15. The second kappa shape index (κ2) is 11.0. The molecule has 0 spiro atoms. The molecule has 0 bridgehead atoms. The summed E-state index contributed by atoms with van der Waals surface area (Å²) in [6.45, 7) is 6.19. The van der Waals surface area contributed by atoms with Gasteiger partial charge in [-0.25, -0.2) is 8.78 Å². The topological polar surface area (TPSA) is 99.7 Å². The number of nitrogens with zero attached hydrogens (tertiary/aromatic N) is 3. The number of ether oxygens (including phenoxy) is 1.